The van der Waals surface area contributed by atoms with Gasteiger partial charge in [-0.25, -0.2) is 0 Å². The maximum atomic E-state index is 2.71. The van der Waals surface area contributed by atoms with Crippen molar-refractivity contribution in [2.24, 2.45) is 0 Å². The smallest absolute Gasteiger partial charge is 0.0220 e. The molecule has 2 nitrogen and oxygen atoms in total. The molecule has 0 aliphatic carbocycles. The van der Waals surface area contributed by atoms with Crippen molar-refractivity contribution in [2.45, 2.75) is 72.8 Å². The van der Waals surface area contributed by atoms with Crippen LogP contribution in [-0.2, 0) is 0 Å². The van der Waals surface area contributed by atoms with Crippen LogP contribution in [0.3, 0.4) is 0 Å². The molecule has 1 atom stereocenters. The molecule has 0 radical (unpaired) electrons. The Morgan fingerprint density at radius 3 is 1.44 bits per heavy atom. The molecule has 0 aromatic heterocycles. The molecular formula is C16H36N2. The average molecular weight is 256 g/mol. The van der Waals surface area contributed by atoms with Crippen molar-refractivity contribution in [3.8, 4) is 0 Å². The molecule has 0 bridgehead atoms. The zero-order valence-electron chi connectivity index (χ0n) is 13.5. The van der Waals surface area contributed by atoms with Gasteiger partial charge in [0, 0.05) is 12.6 Å². The molecule has 0 saturated carbocycles. The Hall–Kier alpha value is -0.0800. The van der Waals surface area contributed by atoms with Gasteiger partial charge in [-0.05, 0) is 58.3 Å². The normalized spacial score (nSPS) is 13.5. The molecule has 0 aliphatic heterocycles. The summed E-state index contributed by atoms with van der Waals surface area (Å²) in [4.78, 5) is 5.37. The monoisotopic (exact) mass is 256 g/mol. The third kappa shape index (κ3) is 7.38. The zero-order valence-corrected chi connectivity index (χ0v) is 13.5. The number of nitrogens with zero attached hydrogens (tertiary/aromatic N) is 2. The lowest BCUT2D eigenvalue weighted by molar-refractivity contribution is 0.133. The van der Waals surface area contributed by atoms with Crippen molar-refractivity contribution in [2.75, 3.05) is 32.7 Å². The average Bonchev–Trinajstić information content (AvgIpc) is 2.36. The summed E-state index contributed by atoms with van der Waals surface area (Å²) in [7, 11) is 0. The fourth-order valence-electron chi connectivity index (χ4n) is 2.78. The molecular weight excluding hydrogens is 220 g/mol. The van der Waals surface area contributed by atoms with Crippen molar-refractivity contribution in [3.63, 3.8) is 0 Å². The maximum absolute atomic E-state index is 2.71. The van der Waals surface area contributed by atoms with Gasteiger partial charge in [0.25, 0.3) is 0 Å². The lowest BCUT2D eigenvalue weighted by atomic mass is 10.1. The molecule has 0 saturated heterocycles. The summed E-state index contributed by atoms with van der Waals surface area (Å²) in [6, 6.07) is 0.753. The van der Waals surface area contributed by atoms with Crippen LogP contribution < -0.4 is 0 Å². The summed E-state index contributed by atoms with van der Waals surface area (Å²) in [6.45, 7) is 17.8. The van der Waals surface area contributed by atoms with Crippen LogP contribution in [0.1, 0.15) is 66.7 Å². The Morgan fingerprint density at radius 1 is 0.667 bits per heavy atom. The highest BCUT2D eigenvalue weighted by Crippen LogP contribution is 2.09. The van der Waals surface area contributed by atoms with Crippen LogP contribution in [-0.4, -0.2) is 48.6 Å². The molecule has 0 heterocycles. The summed E-state index contributed by atoms with van der Waals surface area (Å²) in [5.41, 5.74) is 0. The van der Waals surface area contributed by atoms with Crippen LogP contribution in [0.25, 0.3) is 0 Å². The standard InChI is InChI=1S/C16H36N2/c1-6-11-17(12-7-2)15-16(10-5)18(13-8-3)14-9-4/h16H,6-15H2,1-5H3. The van der Waals surface area contributed by atoms with Gasteiger partial charge in [0.15, 0.2) is 0 Å². The van der Waals surface area contributed by atoms with Crippen LogP contribution in [0, 0.1) is 0 Å². The lowest BCUT2D eigenvalue weighted by Gasteiger charge is -2.35. The van der Waals surface area contributed by atoms with Gasteiger partial charge in [-0.15, -0.1) is 0 Å². The summed E-state index contributed by atoms with van der Waals surface area (Å²) >= 11 is 0. The lowest BCUT2D eigenvalue weighted by Crippen LogP contribution is -2.45. The third-order valence-corrected chi connectivity index (χ3v) is 3.56. The molecule has 0 aliphatic rings. The van der Waals surface area contributed by atoms with Gasteiger partial charge < -0.3 is 4.90 Å². The molecule has 2 heteroatoms. The first-order valence-corrected chi connectivity index (χ1v) is 8.19. The minimum Gasteiger partial charge on any atom is -0.302 e. The first-order valence-electron chi connectivity index (χ1n) is 8.19. The number of rotatable bonds is 12. The predicted octanol–water partition coefficient (Wildman–Crippen LogP) is 4.01. The van der Waals surface area contributed by atoms with Crippen molar-refractivity contribution >= 4 is 0 Å². The first-order chi connectivity index (χ1) is 8.73. The van der Waals surface area contributed by atoms with Gasteiger partial charge in [0.05, 0.1) is 0 Å². The third-order valence-electron chi connectivity index (χ3n) is 3.56. The van der Waals surface area contributed by atoms with E-state index in [0.717, 1.165) is 6.04 Å². The van der Waals surface area contributed by atoms with E-state index in [1.54, 1.807) is 0 Å². The molecule has 18 heavy (non-hydrogen) atoms. The first kappa shape index (κ1) is 17.9. The van der Waals surface area contributed by atoms with Gasteiger partial charge in [0.1, 0.15) is 0 Å². The molecule has 0 N–H and O–H groups in total. The Balaban J connectivity index is 4.39. The Labute approximate surface area is 116 Å². The minimum absolute atomic E-state index is 0.753. The largest absolute Gasteiger partial charge is 0.302 e. The van der Waals surface area contributed by atoms with Crippen LogP contribution in [0.2, 0.25) is 0 Å². The number of hydrogen-bond acceptors (Lipinski definition) is 2. The Bertz CT molecular complexity index is 158. The Kier molecular flexibility index (Phi) is 11.9. The quantitative estimate of drug-likeness (QED) is 0.520. The van der Waals surface area contributed by atoms with Crippen LogP contribution >= 0.6 is 0 Å². The molecule has 0 fully saturated rings. The van der Waals surface area contributed by atoms with Crippen LogP contribution in [0.4, 0.5) is 0 Å². The maximum Gasteiger partial charge on any atom is 0.0220 e. The summed E-state index contributed by atoms with van der Waals surface area (Å²) in [5, 5.41) is 0. The van der Waals surface area contributed by atoms with Gasteiger partial charge in [0.2, 0.25) is 0 Å². The molecule has 0 spiro atoms. The highest BCUT2D eigenvalue weighted by molar-refractivity contribution is 4.74. The number of hydrogen-bond donors (Lipinski definition) is 0. The molecule has 110 valence electrons. The van der Waals surface area contributed by atoms with Crippen molar-refractivity contribution in [3.05, 3.63) is 0 Å². The van der Waals surface area contributed by atoms with Crippen LogP contribution in [0.15, 0.2) is 0 Å². The van der Waals surface area contributed by atoms with Gasteiger partial charge in [-0.1, -0.05) is 34.6 Å². The van der Waals surface area contributed by atoms with Crippen molar-refractivity contribution < 1.29 is 0 Å². The topological polar surface area (TPSA) is 6.48 Å². The van der Waals surface area contributed by atoms with Crippen LogP contribution in [0.5, 0.6) is 0 Å². The summed E-state index contributed by atoms with van der Waals surface area (Å²) in [5.74, 6) is 0. The zero-order chi connectivity index (χ0) is 13.8. The van der Waals surface area contributed by atoms with Gasteiger partial charge >= 0.3 is 0 Å². The second-order valence-electron chi connectivity index (χ2n) is 5.40. The fourth-order valence-corrected chi connectivity index (χ4v) is 2.78. The molecule has 0 aromatic rings. The molecule has 0 rings (SSSR count). The van der Waals surface area contributed by atoms with E-state index in [1.807, 2.05) is 0 Å². The summed E-state index contributed by atoms with van der Waals surface area (Å²) < 4.78 is 0. The molecule has 0 aromatic carbocycles. The van der Waals surface area contributed by atoms with E-state index in [9.17, 15) is 0 Å². The van der Waals surface area contributed by atoms with E-state index in [1.165, 1.54) is 64.8 Å². The fraction of sp³-hybridized carbons (Fsp3) is 1.00. The van der Waals surface area contributed by atoms with E-state index < -0.39 is 0 Å². The molecule has 0 amide bonds. The highest BCUT2D eigenvalue weighted by atomic mass is 15.2. The van der Waals surface area contributed by atoms with Gasteiger partial charge in [-0.3, -0.25) is 4.90 Å². The highest BCUT2D eigenvalue weighted by Gasteiger charge is 2.18. The second-order valence-corrected chi connectivity index (χ2v) is 5.40. The van der Waals surface area contributed by atoms with Crippen molar-refractivity contribution in [1.29, 1.82) is 0 Å². The second kappa shape index (κ2) is 12.0. The van der Waals surface area contributed by atoms with Gasteiger partial charge in [-0.2, -0.15) is 0 Å². The van der Waals surface area contributed by atoms with Crippen molar-refractivity contribution in [1.82, 2.24) is 9.80 Å². The van der Waals surface area contributed by atoms with E-state index in [-0.39, 0.29) is 0 Å². The predicted molar refractivity (Wildman–Crippen MR) is 83.3 cm³/mol. The Morgan fingerprint density at radius 2 is 1.11 bits per heavy atom. The minimum atomic E-state index is 0.753. The SMILES string of the molecule is CCCN(CCC)CC(CC)N(CCC)CCC. The van der Waals surface area contributed by atoms with E-state index in [4.69, 9.17) is 0 Å². The van der Waals surface area contributed by atoms with E-state index >= 15 is 0 Å². The van der Waals surface area contributed by atoms with E-state index in [2.05, 4.69) is 44.4 Å². The van der Waals surface area contributed by atoms with E-state index in [0.29, 0.717) is 0 Å². The summed E-state index contributed by atoms with van der Waals surface area (Å²) in [6.07, 6.45) is 6.38. The molecule has 1 unspecified atom stereocenters.